The minimum absolute atomic E-state index is 0.0728. The first kappa shape index (κ1) is 14.8. The second kappa shape index (κ2) is 6.21. The highest BCUT2D eigenvalue weighted by molar-refractivity contribution is 9.10. The minimum atomic E-state index is -0.0787. The maximum Gasteiger partial charge on any atom is 0.242 e. The fourth-order valence-electron chi connectivity index (χ4n) is 2.06. The molecule has 2 aromatic heterocycles. The molecule has 108 valence electrons. The van der Waals surface area contributed by atoms with Crippen LogP contribution in [0.15, 0.2) is 22.9 Å². The molecule has 0 fully saturated rings. The van der Waals surface area contributed by atoms with Crippen LogP contribution in [0.4, 0.5) is 0 Å². The molecule has 0 radical (unpaired) electrons. The van der Waals surface area contributed by atoms with E-state index in [4.69, 9.17) is 0 Å². The summed E-state index contributed by atoms with van der Waals surface area (Å²) in [4.78, 5) is 12.0. The van der Waals surface area contributed by atoms with E-state index in [-0.39, 0.29) is 18.5 Å². The Bertz CT molecular complexity index is 584. The first-order valence-corrected chi connectivity index (χ1v) is 7.31. The summed E-state index contributed by atoms with van der Waals surface area (Å²) in [7, 11) is 0. The third kappa shape index (κ3) is 3.27. The number of nitrogens with zero attached hydrogens (tertiary/aromatic N) is 4. The Balaban J connectivity index is 1.97. The molecule has 1 amide bonds. The van der Waals surface area contributed by atoms with Crippen LogP contribution in [-0.2, 0) is 17.9 Å². The molecule has 0 bridgehead atoms. The summed E-state index contributed by atoms with van der Waals surface area (Å²) < 4.78 is 4.40. The largest absolute Gasteiger partial charge is 0.346 e. The number of carbonyl (C=O) groups excluding carboxylic acids is 1. The molecule has 0 spiro atoms. The van der Waals surface area contributed by atoms with Gasteiger partial charge in [-0.15, -0.1) is 0 Å². The van der Waals surface area contributed by atoms with Gasteiger partial charge in [0.15, 0.2) is 0 Å². The van der Waals surface area contributed by atoms with Crippen molar-refractivity contribution < 1.29 is 4.79 Å². The van der Waals surface area contributed by atoms with Gasteiger partial charge in [0.1, 0.15) is 6.54 Å². The van der Waals surface area contributed by atoms with E-state index in [2.05, 4.69) is 31.4 Å². The van der Waals surface area contributed by atoms with Crippen molar-refractivity contribution in [2.75, 3.05) is 0 Å². The van der Waals surface area contributed by atoms with Crippen molar-refractivity contribution in [3.05, 3.63) is 34.3 Å². The maximum atomic E-state index is 12.0. The van der Waals surface area contributed by atoms with E-state index >= 15 is 0 Å². The maximum absolute atomic E-state index is 12.0. The second-order valence-electron chi connectivity index (χ2n) is 4.62. The SMILES string of the molecule is CCn1nccc1C(C)NC(=O)Cn1cc(Br)c(C)n1. The Labute approximate surface area is 126 Å². The lowest BCUT2D eigenvalue weighted by Gasteiger charge is -2.15. The highest BCUT2D eigenvalue weighted by Gasteiger charge is 2.14. The van der Waals surface area contributed by atoms with Gasteiger partial charge in [-0.2, -0.15) is 10.2 Å². The monoisotopic (exact) mass is 339 g/mol. The molecule has 0 aliphatic carbocycles. The number of halogens is 1. The first-order chi connectivity index (χ1) is 9.51. The molecule has 0 aliphatic heterocycles. The van der Waals surface area contributed by atoms with Crippen LogP contribution in [0.1, 0.15) is 31.3 Å². The van der Waals surface area contributed by atoms with E-state index in [1.165, 1.54) is 0 Å². The molecule has 1 atom stereocenters. The van der Waals surface area contributed by atoms with Crippen LogP contribution < -0.4 is 5.32 Å². The zero-order valence-electron chi connectivity index (χ0n) is 11.8. The third-order valence-corrected chi connectivity index (χ3v) is 3.84. The fraction of sp³-hybridized carbons (Fsp3) is 0.462. The first-order valence-electron chi connectivity index (χ1n) is 6.52. The van der Waals surface area contributed by atoms with Crippen molar-refractivity contribution in [3.63, 3.8) is 0 Å². The van der Waals surface area contributed by atoms with Gasteiger partial charge in [-0.25, -0.2) is 0 Å². The summed E-state index contributed by atoms with van der Waals surface area (Å²) in [6.07, 6.45) is 3.55. The molecule has 20 heavy (non-hydrogen) atoms. The average Bonchev–Trinajstić information content (AvgIpc) is 2.96. The highest BCUT2D eigenvalue weighted by atomic mass is 79.9. The smallest absolute Gasteiger partial charge is 0.242 e. The third-order valence-electron chi connectivity index (χ3n) is 3.06. The number of aromatic nitrogens is 4. The molecule has 2 heterocycles. The van der Waals surface area contributed by atoms with Crippen LogP contribution in [0.25, 0.3) is 0 Å². The van der Waals surface area contributed by atoms with E-state index < -0.39 is 0 Å². The highest BCUT2D eigenvalue weighted by Crippen LogP contribution is 2.14. The number of rotatable bonds is 5. The lowest BCUT2D eigenvalue weighted by Crippen LogP contribution is -2.31. The lowest BCUT2D eigenvalue weighted by molar-refractivity contribution is -0.122. The van der Waals surface area contributed by atoms with E-state index in [1.54, 1.807) is 17.1 Å². The number of carbonyl (C=O) groups is 1. The van der Waals surface area contributed by atoms with Crippen molar-refractivity contribution in [2.45, 2.75) is 39.9 Å². The molecule has 0 saturated heterocycles. The molecule has 7 heteroatoms. The van der Waals surface area contributed by atoms with Crippen molar-refractivity contribution >= 4 is 21.8 Å². The van der Waals surface area contributed by atoms with Gasteiger partial charge in [0.2, 0.25) is 5.91 Å². The molecule has 0 aliphatic rings. The van der Waals surface area contributed by atoms with Gasteiger partial charge >= 0.3 is 0 Å². The fourth-order valence-corrected chi connectivity index (χ4v) is 2.37. The normalized spacial score (nSPS) is 12.4. The van der Waals surface area contributed by atoms with Crippen LogP contribution in [0.2, 0.25) is 0 Å². The van der Waals surface area contributed by atoms with Gasteiger partial charge in [-0.1, -0.05) is 0 Å². The van der Waals surface area contributed by atoms with E-state index in [1.807, 2.05) is 31.5 Å². The Morgan fingerprint density at radius 2 is 2.30 bits per heavy atom. The van der Waals surface area contributed by atoms with Gasteiger partial charge in [-0.05, 0) is 42.8 Å². The number of hydrogen-bond donors (Lipinski definition) is 1. The Morgan fingerprint density at radius 1 is 1.55 bits per heavy atom. The predicted molar refractivity (Wildman–Crippen MR) is 79.1 cm³/mol. The van der Waals surface area contributed by atoms with Gasteiger partial charge in [-0.3, -0.25) is 14.2 Å². The molecule has 2 rings (SSSR count). The van der Waals surface area contributed by atoms with Gasteiger partial charge in [0.05, 0.1) is 21.9 Å². The molecule has 0 saturated carbocycles. The molecule has 2 aromatic rings. The van der Waals surface area contributed by atoms with Gasteiger partial charge < -0.3 is 5.32 Å². The molecular formula is C13H18BrN5O. The summed E-state index contributed by atoms with van der Waals surface area (Å²) in [6, 6.07) is 1.84. The van der Waals surface area contributed by atoms with E-state index in [0.29, 0.717) is 0 Å². The van der Waals surface area contributed by atoms with Crippen LogP contribution in [0, 0.1) is 6.92 Å². The van der Waals surface area contributed by atoms with Gasteiger partial charge in [0.25, 0.3) is 0 Å². The van der Waals surface area contributed by atoms with E-state index in [0.717, 1.165) is 22.4 Å². The van der Waals surface area contributed by atoms with Crippen LogP contribution >= 0.6 is 15.9 Å². The summed E-state index contributed by atoms with van der Waals surface area (Å²) in [5.74, 6) is -0.0728. The standard InChI is InChI=1S/C13H18BrN5O/c1-4-19-12(5-6-15-19)10(3)16-13(20)8-18-7-11(14)9(2)17-18/h5-7,10H,4,8H2,1-3H3,(H,16,20). The number of aryl methyl sites for hydroxylation is 2. The molecule has 1 N–H and O–H groups in total. The Hall–Kier alpha value is -1.63. The zero-order valence-corrected chi connectivity index (χ0v) is 13.4. The van der Waals surface area contributed by atoms with Crippen molar-refractivity contribution in [2.24, 2.45) is 0 Å². The Kier molecular flexibility index (Phi) is 4.59. The van der Waals surface area contributed by atoms with Crippen LogP contribution in [0.3, 0.4) is 0 Å². The van der Waals surface area contributed by atoms with Crippen molar-refractivity contribution in [1.29, 1.82) is 0 Å². The van der Waals surface area contributed by atoms with E-state index in [9.17, 15) is 4.79 Å². The van der Waals surface area contributed by atoms with Crippen LogP contribution in [-0.4, -0.2) is 25.5 Å². The van der Waals surface area contributed by atoms with Crippen molar-refractivity contribution in [1.82, 2.24) is 24.9 Å². The zero-order chi connectivity index (χ0) is 14.7. The summed E-state index contributed by atoms with van der Waals surface area (Å²) in [6.45, 7) is 6.85. The predicted octanol–water partition coefficient (Wildman–Crippen LogP) is 2.05. The molecule has 6 nitrogen and oxygen atoms in total. The molecule has 0 aromatic carbocycles. The molecule has 1 unspecified atom stereocenters. The number of nitrogens with one attached hydrogen (secondary N) is 1. The average molecular weight is 340 g/mol. The minimum Gasteiger partial charge on any atom is -0.346 e. The van der Waals surface area contributed by atoms with Crippen molar-refractivity contribution in [3.8, 4) is 0 Å². The van der Waals surface area contributed by atoms with Crippen LogP contribution in [0.5, 0.6) is 0 Å². The number of amides is 1. The molecular weight excluding hydrogens is 322 g/mol. The lowest BCUT2D eigenvalue weighted by atomic mass is 10.2. The quantitative estimate of drug-likeness (QED) is 0.906. The number of hydrogen-bond acceptors (Lipinski definition) is 3. The Morgan fingerprint density at radius 3 is 2.90 bits per heavy atom. The van der Waals surface area contributed by atoms with Gasteiger partial charge in [0, 0.05) is 18.9 Å². The summed E-state index contributed by atoms with van der Waals surface area (Å²) in [5, 5.41) is 11.4. The second-order valence-corrected chi connectivity index (χ2v) is 5.48. The summed E-state index contributed by atoms with van der Waals surface area (Å²) >= 11 is 3.38. The summed E-state index contributed by atoms with van der Waals surface area (Å²) in [5.41, 5.74) is 1.87. The topological polar surface area (TPSA) is 64.7 Å².